The third-order valence-corrected chi connectivity index (χ3v) is 4.95. The fourth-order valence-electron chi connectivity index (χ4n) is 3.57. The Hall–Kier alpha value is -2.90. The highest BCUT2D eigenvalue weighted by molar-refractivity contribution is 5.95. The zero-order chi connectivity index (χ0) is 19.1. The topological polar surface area (TPSA) is 86.3 Å². The first-order valence-corrected chi connectivity index (χ1v) is 9.00. The molecular formula is C19H22N2O6. The van der Waals surface area contributed by atoms with E-state index in [9.17, 15) is 9.59 Å². The lowest BCUT2D eigenvalue weighted by molar-refractivity contribution is -0.139. The average molecular weight is 374 g/mol. The normalized spacial score (nSPS) is 21.2. The molecule has 0 radical (unpaired) electrons. The highest BCUT2D eigenvalue weighted by atomic mass is 16.7. The van der Waals surface area contributed by atoms with Crippen molar-refractivity contribution in [3.63, 3.8) is 0 Å². The Morgan fingerprint density at radius 1 is 1.33 bits per heavy atom. The second kappa shape index (κ2) is 6.68. The van der Waals surface area contributed by atoms with Crippen molar-refractivity contribution in [2.45, 2.75) is 38.8 Å². The summed E-state index contributed by atoms with van der Waals surface area (Å²) in [5, 5.41) is 2.94. The SMILES string of the molecule is CCOC(=O)C1=C(C)N(C2CC2)C(=O)N[C@@H]1c1cc(OC)c2c(c1)OCO2. The van der Waals surface area contributed by atoms with Crippen LogP contribution in [0.15, 0.2) is 23.4 Å². The summed E-state index contributed by atoms with van der Waals surface area (Å²) in [5.74, 6) is 1.08. The van der Waals surface area contributed by atoms with E-state index in [0.717, 1.165) is 12.8 Å². The molecule has 0 spiro atoms. The van der Waals surface area contributed by atoms with Gasteiger partial charge in [-0.05, 0) is 44.4 Å². The fraction of sp³-hybridized carbons (Fsp3) is 0.474. The highest BCUT2D eigenvalue weighted by Crippen LogP contribution is 2.45. The number of nitrogens with zero attached hydrogens (tertiary/aromatic N) is 1. The van der Waals surface area contributed by atoms with E-state index in [4.69, 9.17) is 18.9 Å². The quantitative estimate of drug-likeness (QED) is 0.797. The summed E-state index contributed by atoms with van der Waals surface area (Å²) in [6, 6.07) is 2.77. The zero-order valence-corrected chi connectivity index (χ0v) is 15.5. The lowest BCUT2D eigenvalue weighted by Gasteiger charge is -2.35. The van der Waals surface area contributed by atoms with Gasteiger partial charge < -0.3 is 24.3 Å². The van der Waals surface area contributed by atoms with Crippen LogP contribution in [-0.4, -0.2) is 43.5 Å². The predicted molar refractivity (Wildman–Crippen MR) is 94.6 cm³/mol. The van der Waals surface area contributed by atoms with Crippen molar-refractivity contribution in [3.8, 4) is 17.2 Å². The Morgan fingerprint density at radius 3 is 2.78 bits per heavy atom. The van der Waals surface area contributed by atoms with Crippen LogP contribution in [0.1, 0.15) is 38.3 Å². The molecule has 3 aliphatic rings. The maximum Gasteiger partial charge on any atom is 0.338 e. The van der Waals surface area contributed by atoms with Gasteiger partial charge in [0.15, 0.2) is 11.5 Å². The number of hydrogen-bond donors (Lipinski definition) is 1. The summed E-state index contributed by atoms with van der Waals surface area (Å²) in [6.07, 6.45) is 1.87. The van der Waals surface area contributed by atoms with Crippen LogP contribution in [0, 0.1) is 0 Å². The Morgan fingerprint density at radius 2 is 2.11 bits per heavy atom. The van der Waals surface area contributed by atoms with Gasteiger partial charge in [-0.15, -0.1) is 0 Å². The molecule has 1 N–H and O–H groups in total. The minimum Gasteiger partial charge on any atom is -0.493 e. The number of allylic oxidation sites excluding steroid dienone is 1. The molecule has 0 unspecified atom stereocenters. The molecule has 4 rings (SSSR count). The molecule has 27 heavy (non-hydrogen) atoms. The number of fused-ring (bicyclic) bond motifs is 1. The average Bonchev–Trinajstić information content (AvgIpc) is 3.35. The minimum absolute atomic E-state index is 0.0984. The van der Waals surface area contributed by atoms with Crippen LogP contribution in [0.25, 0.3) is 0 Å². The largest absolute Gasteiger partial charge is 0.493 e. The number of esters is 1. The van der Waals surface area contributed by atoms with Crippen molar-refractivity contribution in [1.82, 2.24) is 10.2 Å². The first-order valence-electron chi connectivity index (χ1n) is 9.00. The summed E-state index contributed by atoms with van der Waals surface area (Å²) >= 11 is 0. The second-order valence-corrected chi connectivity index (χ2v) is 6.66. The summed E-state index contributed by atoms with van der Waals surface area (Å²) < 4.78 is 21.6. The van der Waals surface area contributed by atoms with Crippen LogP contribution < -0.4 is 19.5 Å². The molecule has 1 atom stereocenters. The van der Waals surface area contributed by atoms with Crippen molar-refractivity contribution < 1.29 is 28.5 Å². The first-order chi connectivity index (χ1) is 13.0. The number of carbonyl (C=O) groups is 2. The number of nitrogens with one attached hydrogen (secondary N) is 1. The molecule has 1 saturated carbocycles. The number of benzene rings is 1. The van der Waals surface area contributed by atoms with Crippen molar-refractivity contribution in [2.75, 3.05) is 20.5 Å². The van der Waals surface area contributed by atoms with Gasteiger partial charge in [-0.3, -0.25) is 4.90 Å². The summed E-state index contributed by atoms with van der Waals surface area (Å²) in [5.41, 5.74) is 1.72. The van der Waals surface area contributed by atoms with Gasteiger partial charge in [0.2, 0.25) is 12.5 Å². The Balaban J connectivity index is 1.80. The molecule has 144 valence electrons. The number of urea groups is 1. The van der Waals surface area contributed by atoms with E-state index in [1.54, 1.807) is 30.9 Å². The molecule has 2 amide bonds. The molecular weight excluding hydrogens is 352 g/mol. The van der Waals surface area contributed by atoms with Gasteiger partial charge in [-0.25, -0.2) is 9.59 Å². The summed E-state index contributed by atoms with van der Waals surface area (Å²) in [6.45, 7) is 3.90. The molecule has 1 aromatic carbocycles. The Kier molecular flexibility index (Phi) is 4.33. The summed E-state index contributed by atoms with van der Waals surface area (Å²) in [7, 11) is 1.53. The van der Waals surface area contributed by atoms with E-state index in [-0.39, 0.29) is 25.5 Å². The molecule has 2 aliphatic heterocycles. The second-order valence-electron chi connectivity index (χ2n) is 6.66. The van der Waals surface area contributed by atoms with Gasteiger partial charge in [-0.2, -0.15) is 0 Å². The monoisotopic (exact) mass is 374 g/mol. The maximum absolute atomic E-state index is 12.7. The molecule has 0 bridgehead atoms. The van der Waals surface area contributed by atoms with E-state index in [1.807, 2.05) is 0 Å². The number of carbonyl (C=O) groups excluding carboxylic acids is 2. The van der Waals surface area contributed by atoms with Crippen molar-refractivity contribution >= 4 is 12.0 Å². The molecule has 8 nitrogen and oxygen atoms in total. The molecule has 0 aromatic heterocycles. The van der Waals surface area contributed by atoms with Crippen LogP contribution in [-0.2, 0) is 9.53 Å². The van der Waals surface area contributed by atoms with E-state index < -0.39 is 12.0 Å². The first kappa shape index (κ1) is 17.5. The van der Waals surface area contributed by atoms with E-state index in [0.29, 0.717) is 34.1 Å². The number of ether oxygens (including phenoxy) is 4. The van der Waals surface area contributed by atoms with Crippen LogP contribution in [0.5, 0.6) is 17.2 Å². The van der Waals surface area contributed by atoms with Crippen molar-refractivity contribution in [3.05, 3.63) is 29.0 Å². The number of hydrogen-bond acceptors (Lipinski definition) is 6. The van der Waals surface area contributed by atoms with Gasteiger partial charge in [0.05, 0.1) is 25.3 Å². The van der Waals surface area contributed by atoms with Crippen molar-refractivity contribution in [1.29, 1.82) is 0 Å². The van der Waals surface area contributed by atoms with Gasteiger partial charge in [0, 0.05) is 11.7 Å². The maximum atomic E-state index is 12.7. The number of rotatable bonds is 5. The molecule has 2 heterocycles. The van der Waals surface area contributed by atoms with Crippen LogP contribution >= 0.6 is 0 Å². The lowest BCUT2D eigenvalue weighted by Crippen LogP contribution is -2.48. The minimum atomic E-state index is -0.657. The van der Waals surface area contributed by atoms with Crippen LogP contribution in [0.2, 0.25) is 0 Å². The lowest BCUT2D eigenvalue weighted by atomic mass is 9.94. The third-order valence-electron chi connectivity index (χ3n) is 4.95. The zero-order valence-electron chi connectivity index (χ0n) is 15.5. The third kappa shape index (κ3) is 2.94. The Bertz CT molecular complexity index is 830. The van der Waals surface area contributed by atoms with Gasteiger partial charge >= 0.3 is 12.0 Å². The number of amides is 2. The van der Waals surface area contributed by atoms with Gasteiger partial charge in [-0.1, -0.05) is 0 Å². The smallest absolute Gasteiger partial charge is 0.338 e. The fourth-order valence-corrected chi connectivity index (χ4v) is 3.57. The van der Waals surface area contributed by atoms with Crippen LogP contribution in [0.3, 0.4) is 0 Å². The van der Waals surface area contributed by atoms with Crippen molar-refractivity contribution in [2.24, 2.45) is 0 Å². The molecule has 1 aromatic rings. The predicted octanol–water partition coefficient (Wildman–Crippen LogP) is 2.49. The van der Waals surface area contributed by atoms with Gasteiger partial charge in [0.1, 0.15) is 0 Å². The molecule has 1 fully saturated rings. The standard InChI is InChI=1S/C19H22N2O6/c1-4-25-18(22)15-10(2)21(12-5-6-12)19(23)20-16(15)11-7-13(24-3)17-14(8-11)26-9-27-17/h7-8,12,16H,4-6,9H2,1-3H3,(H,20,23)/t16-/m1/s1. The number of methoxy groups -OCH3 is 1. The van der Waals surface area contributed by atoms with E-state index >= 15 is 0 Å². The summed E-state index contributed by atoms with van der Waals surface area (Å²) in [4.78, 5) is 27.1. The van der Waals surface area contributed by atoms with E-state index in [2.05, 4.69) is 5.32 Å². The van der Waals surface area contributed by atoms with Gasteiger partial charge in [0.25, 0.3) is 0 Å². The molecule has 0 saturated heterocycles. The molecule has 1 aliphatic carbocycles. The van der Waals surface area contributed by atoms with E-state index in [1.165, 1.54) is 7.11 Å². The molecule has 8 heteroatoms. The van der Waals surface area contributed by atoms with Crippen LogP contribution in [0.4, 0.5) is 4.79 Å². The highest BCUT2D eigenvalue weighted by Gasteiger charge is 2.43. The Labute approximate surface area is 157 Å².